The smallest absolute Gasteiger partial charge is 0.308 e. The highest BCUT2D eigenvalue weighted by atomic mass is 16.5. The molecule has 1 fully saturated rings. The lowest BCUT2D eigenvalue weighted by atomic mass is 9.98. The number of para-hydroxylation sites is 2. The molecule has 3 heterocycles. The molecule has 9 nitrogen and oxygen atoms in total. The van der Waals surface area contributed by atoms with Gasteiger partial charge in [-0.1, -0.05) is 12.1 Å². The molecule has 0 unspecified atom stereocenters. The largest absolute Gasteiger partial charge is 0.481 e. The number of nitrogens with one attached hydrogen (secondary N) is 1. The number of rotatable bonds is 6. The molecular weight excluding hydrogens is 422 g/mol. The van der Waals surface area contributed by atoms with Crippen LogP contribution in [0.1, 0.15) is 29.0 Å². The van der Waals surface area contributed by atoms with Crippen LogP contribution in [-0.4, -0.2) is 49.9 Å². The summed E-state index contributed by atoms with van der Waals surface area (Å²) in [5, 5.41) is 9.37. The number of anilines is 1. The maximum absolute atomic E-state index is 12.8. The number of piperidine rings is 1. The predicted octanol–water partition coefficient (Wildman–Crippen LogP) is 3.68. The van der Waals surface area contributed by atoms with E-state index in [1.54, 1.807) is 30.5 Å². The van der Waals surface area contributed by atoms with Crippen LogP contribution in [0, 0.1) is 5.92 Å². The van der Waals surface area contributed by atoms with Crippen molar-refractivity contribution < 1.29 is 19.4 Å². The minimum Gasteiger partial charge on any atom is -0.481 e. The molecule has 0 aliphatic carbocycles. The predicted molar refractivity (Wildman–Crippen MR) is 121 cm³/mol. The molecule has 2 N–H and O–H groups in total. The van der Waals surface area contributed by atoms with Gasteiger partial charge in [-0.05, 0) is 49.2 Å². The van der Waals surface area contributed by atoms with Crippen LogP contribution in [0.2, 0.25) is 0 Å². The summed E-state index contributed by atoms with van der Waals surface area (Å²) < 4.78 is 5.95. The molecule has 0 saturated carbocycles. The number of imidazole rings is 1. The second-order valence-corrected chi connectivity index (χ2v) is 7.87. The molecule has 4 aromatic rings. The van der Waals surface area contributed by atoms with Gasteiger partial charge in [0.2, 0.25) is 5.78 Å². The van der Waals surface area contributed by atoms with Crippen LogP contribution in [0.15, 0.2) is 60.9 Å². The SMILES string of the molecule is O=C(c1ccc(Oc2nccnc2N2CCC[C@H](C(=O)O)C2)cc1)c1nc2ccccc2[nH]1. The van der Waals surface area contributed by atoms with Gasteiger partial charge in [-0.3, -0.25) is 9.59 Å². The number of hydrogen-bond donors (Lipinski definition) is 2. The molecule has 1 aliphatic rings. The fourth-order valence-corrected chi connectivity index (χ4v) is 3.96. The molecule has 2 aromatic carbocycles. The summed E-state index contributed by atoms with van der Waals surface area (Å²) in [6.07, 6.45) is 4.48. The minimum absolute atomic E-state index is 0.217. The highest BCUT2D eigenvalue weighted by molar-refractivity contribution is 6.08. The van der Waals surface area contributed by atoms with E-state index < -0.39 is 11.9 Å². The van der Waals surface area contributed by atoms with Crippen LogP contribution in [0.25, 0.3) is 11.0 Å². The second kappa shape index (κ2) is 8.70. The Balaban J connectivity index is 1.33. The van der Waals surface area contributed by atoms with Gasteiger partial charge >= 0.3 is 5.97 Å². The second-order valence-electron chi connectivity index (χ2n) is 7.87. The first-order valence-corrected chi connectivity index (χ1v) is 10.6. The van der Waals surface area contributed by atoms with E-state index in [9.17, 15) is 14.7 Å². The maximum Gasteiger partial charge on any atom is 0.308 e. The van der Waals surface area contributed by atoms with Crippen molar-refractivity contribution in [2.24, 2.45) is 5.92 Å². The Bertz CT molecular complexity index is 1280. The van der Waals surface area contributed by atoms with Crippen molar-refractivity contribution in [1.82, 2.24) is 19.9 Å². The fraction of sp³-hybridized carbons (Fsp3) is 0.208. The number of ether oxygens (including phenoxy) is 1. The number of carbonyl (C=O) groups is 2. The van der Waals surface area contributed by atoms with E-state index in [0.717, 1.165) is 17.5 Å². The van der Waals surface area contributed by atoms with E-state index in [1.807, 2.05) is 29.2 Å². The number of aromatic amines is 1. The van der Waals surface area contributed by atoms with Crippen LogP contribution in [0.5, 0.6) is 11.6 Å². The molecule has 0 amide bonds. The number of ketones is 1. The lowest BCUT2D eigenvalue weighted by Crippen LogP contribution is -2.39. The number of H-pyrrole nitrogens is 1. The third-order valence-corrected chi connectivity index (χ3v) is 5.65. The fourth-order valence-electron chi connectivity index (χ4n) is 3.96. The molecular formula is C24H21N5O4. The zero-order chi connectivity index (χ0) is 22.8. The lowest BCUT2D eigenvalue weighted by molar-refractivity contribution is -0.141. The van der Waals surface area contributed by atoms with Crippen molar-refractivity contribution in [1.29, 1.82) is 0 Å². The highest BCUT2D eigenvalue weighted by Gasteiger charge is 2.28. The van der Waals surface area contributed by atoms with Gasteiger partial charge in [-0.15, -0.1) is 0 Å². The summed E-state index contributed by atoms with van der Waals surface area (Å²) in [6.45, 7) is 1.04. The minimum atomic E-state index is -0.809. The average molecular weight is 443 g/mol. The average Bonchev–Trinajstić information content (AvgIpc) is 3.29. The zero-order valence-electron chi connectivity index (χ0n) is 17.6. The standard InChI is InChI=1S/C24H21N5O4/c30-20(21-27-18-5-1-2-6-19(18)28-21)15-7-9-17(10-8-15)33-23-22(25-11-12-26-23)29-13-3-4-16(14-29)24(31)32/h1-2,5-12,16H,3-4,13-14H2,(H,27,28)(H,31,32)/t16-/m0/s1. The molecule has 33 heavy (non-hydrogen) atoms. The van der Waals surface area contributed by atoms with Crippen LogP contribution in [0.3, 0.4) is 0 Å². The van der Waals surface area contributed by atoms with Crippen molar-refractivity contribution in [3.05, 3.63) is 72.3 Å². The van der Waals surface area contributed by atoms with E-state index in [2.05, 4.69) is 19.9 Å². The van der Waals surface area contributed by atoms with Gasteiger partial charge in [-0.25, -0.2) is 15.0 Å². The number of benzene rings is 2. The monoisotopic (exact) mass is 443 g/mol. The van der Waals surface area contributed by atoms with Crippen molar-refractivity contribution in [2.75, 3.05) is 18.0 Å². The molecule has 166 valence electrons. The Hall–Kier alpha value is -4.27. The first kappa shape index (κ1) is 20.6. The van der Waals surface area contributed by atoms with Crippen LogP contribution in [0.4, 0.5) is 5.82 Å². The first-order chi connectivity index (χ1) is 16.1. The Morgan fingerprint density at radius 3 is 2.64 bits per heavy atom. The number of carboxylic acid groups (broad SMARTS) is 1. The normalized spacial score (nSPS) is 16.0. The zero-order valence-corrected chi connectivity index (χ0v) is 17.6. The quantitative estimate of drug-likeness (QED) is 0.433. The number of aromatic nitrogens is 4. The van der Waals surface area contributed by atoms with Gasteiger partial charge in [0.1, 0.15) is 5.75 Å². The van der Waals surface area contributed by atoms with Crippen molar-refractivity contribution in [3.8, 4) is 11.6 Å². The molecule has 0 spiro atoms. The van der Waals surface area contributed by atoms with Gasteiger partial charge in [0.05, 0.1) is 17.0 Å². The van der Waals surface area contributed by atoms with Crippen molar-refractivity contribution in [2.45, 2.75) is 12.8 Å². The Morgan fingerprint density at radius 2 is 1.85 bits per heavy atom. The summed E-state index contributed by atoms with van der Waals surface area (Å²) in [5.41, 5.74) is 2.01. The summed E-state index contributed by atoms with van der Waals surface area (Å²) >= 11 is 0. The number of carbonyl (C=O) groups excluding carboxylic acids is 1. The molecule has 1 saturated heterocycles. The third kappa shape index (κ3) is 4.25. The highest BCUT2D eigenvalue weighted by Crippen LogP contribution is 2.31. The number of aliphatic carboxylic acids is 1. The summed E-state index contributed by atoms with van der Waals surface area (Å²) in [4.78, 5) is 42.2. The maximum atomic E-state index is 12.8. The van der Waals surface area contributed by atoms with Crippen molar-refractivity contribution in [3.63, 3.8) is 0 Å². The Morgan fingerprint density at radius 1 is 1.06 bits per heavy atom. The molecule has 0 bridgehead atoms. The van der Waals surface area contributed by atoms with E-state index in [0.29, 0.717) is 42.5 Å². The molecule has 5 rings (SSSR count). The topological polar surface area (TPSA) is 121 Å². The number of hydrogen-bond acceptors (Lipinski definition) is 7. The number of carboxylic acids is 1. The van der Waals surface area contributed by atoms with E-state index in [4.69, 9.17) is 4.74 Å². The van der Waals surface area contributed by atoms with Gasteiger partial charge in [0.15, 0.2) is 11.6 Å². The summed E-state index contributed by atoms with van der Waals surface area (Å²) in [7, 11) is 0. The Labute approximate surface area is 189 Å². The van der Waals surface area contributed by atoms with E-state index in [1.165, 1.54) is 6.20 Å². The van der Waals surface area contributed by atoms with Gasteiger partial charge in [-0.2, -0.15) is 0 Å². The van der Waals surface area contributed by atoms with Gasteiger partial charge in [0, 0.05) is 31.0 Å². The molecule has 0 radical (unpaired) electrons. The summed E-state index contributed by atoms with van der Waals surface area (Å²) in [6, 6.07) is 14.2. The van der Waals surface area contributed by atoms with E-state index in [-0.39, 0.29) is 11.6 Å². The van der Waals surface area contributed by atoms with Crippen LogP contribution < -0.4 is 9.64 Å². The van der Waals surface area contributed by atoms with E-state index >= 15 is 0 Å². The molecule has 1 aliphatic heterocycles. The molecule has 2 aromatic heterocycles. The number of nitrogens with zero attached hydrogens (tertiary/aromatic N) is 4. The lowest BCUT2D eigenvalue weighted by Gasteiger charge is -2.31. The third-order valence-electron chi connectivity index (χ3n) is 5.65. The molecule has 1 atom stereocenters. The first-order valence-electron chi connectivity index (χ1n) is 10.6. The van der Waals surface area contributed by atoms with Crippen molar-refractivity contribution >= 4 is 28.6 Å². The number of fused-ring (bicyclic) bond motifs is 1. The van der Waals surface area contributed by atoms with Gasteiger partial charge in [0.25, 0.3) is 5.88 Å². The van der Waals surface area contributed by atoms with Crippen LogP contribution in [-0.2, 0) is 4.79 Å². The summed E-state index contributed by atoms with van der Waals surface area (Å²) in [5.74, 6) is 0.0912. The van der Waals surface area contributed by atoms with Gasteiger partial charge < -0.3 is 19.7 Å². The Kier molecular flexibility index (Phi) is 5.43. The van der Waals surface area contributed by atoms with Crippen LogP contribution >= 0.6 is 0 Å². The molecule has 9 heteroatoms.